The van der Waals surface area contributed by atoms with E-state index in [4.69, 9.17) is 0 Å². The number of nitrogens with zero attached hydrogens (tertiary/aromatic N) is 1. The molecule has 7 heteroatoms. The van der Waals surface area contributed by atoms with Crippen LogP contribution < -0.4 is 5.32 Å². The zero-order chi connectivity index (χ0) is 20.9. The topological polar surface area (TPSA) is 48.1 Å². The molecular weight excluding hydrogens is 391 g/mol. The quantitative estimate of drug-likeness (QED) is 0.641. The minimum Gasteiger partial charge on any atom is -0.357 e. The van der Waals surface area contributed by atoms with Crippen molar-refractivity contribution in [3.8, 4) is 0 Å². The first-order valence-electron chi connectivity index (χ1n) is 10.2. The molecule has 1 amide bonds. The fourth-order valence-corrected chi connectivity index (χ4v) is 4.85. The number of amides is 1. The highest BCUT2D eigenvalue weighted by Gasteiger charge is 2.36. The van der Waals surface area contributed by atoms with E-state index in [0.717, 1.165) is 50.0 Å². The van der Waals surface area contributed by atoms with Gasteiger partial charge in [0.05, 0.1) is 11.6 Å². The first-order chi connectivity index (χ1) is 14.4. The number of aromatic amines is 1. The molecule has 156 valence electrons. The number of carbonyl (C=O) groups is 1. The molecule has 2 aliphatic rings. The van der Waals surface area contributed by atoms with Gasteiger partial charge in [0.15, 0.2) is 0 Å². The molecule has 2 aromatic carbocycles. The highest BCUT2D eigenvalue weighted by atomic mass is 19.4. The van der Waals surface area contributed by atoms with Crippen LogP contribution in [0.25, 0.3) is 10.9 Å². The van der Waals surface area contributed by atoms with E-state index in [0.29, 0.717) is 0 Å². The van der Waals surface area contributed by atoms with Crippen LogP contribution in [0, 0.1) is 0 Å². The lowest BCUT2D eigenvalue weighted by Crippen LogP contribution is -2.48. The number of rotatable bonds is 2. The number of halogens is 3. The van der Waals surface area contributed by atoms with Crippen LogP contribution in [0.15, 0.2) is 48.5 Å². The normalized spacial score (nSPS) is 21.8. The lowest BCUT2D eigenvalue weighted by Gasteiger charge is -2.42. The smallest absolute Gasteiger partial charge is 0.357 e. The highest BCUT2D eigenvalue weighted by Crippen LogP contribution is 2.39. The maximum atomic E-state index is 13.0. The van der Waals surface area contributed by atoms with Crippen molar-refractivity contribution in [1.82, 2.24) is 15.2 Å². The molecule has 1 aromatic heterocycles. The number of hydrogen-bond donors (Lipinski definition) is 2. The van der Waals surface area contributed by atoms with Gasteiger partial charge in [-0.25, -0.2) is 0 Å². The van der Waals surface area contributed by atoms with Gasteiger partial charge in [-0.15, -0.1) is 0 Å². The minimum absolute atomic E-state index is 0.0437. The molecule has 0 bridgehead atoms. The van der Waals surface area contributed by atoms with Crippen LogP contribution in [0.3, 0.4) is 0 Å². The Bertz CT molecular complexity index is 1100. The van der Waals surface area contributed by atoms with Crippen LogP contribution >= 0.6 is 0 Å². The second kappa shape index (κ2) is 7.16. The molecule has 4 nitrogen and oxygen atoms in total. The van der Waals surface area contributed by atoms with E-state index in [9.17, 15) is 18.0 Å². The van der Waals surface area contributed by atoms with Gasteiger partial charge in [0.25, 0.3) is 5.91 Å². The molecule has 0 unspecified atom stereocenters. The molecule has 5 rings (SSSR count). The number of para-hydroxylation sites is 1. The number of aromatic nitrogens is 1. The predicted molar refractivity (Wildman–Crippen MR) is 108 cm³/mol. The Labute approximate surface area is 172 Å². The minimum atomic E-state index is -4.46. The number of fused-ring (bicyclic) bond motifs is 5. The van der Waals surface area contributed by atoms with Gasteiger partial charge in [0, 0.05) is 41.3 Å². The molecule has 0 spiro atoms. The first-order valence-corrected chi connectivity index (χ1v) is 10.2. The molecule has 0 radical (unpaired) electrons. The van der Waals surface area contributed by atoms with Gasteiger partial charge < -0.3 is 10.3 Å². The number of carbonyl (C=O) groups excluding carboxylic acids is 1. The fraction of sp³-hybridized carbons (Fsp3) is 0.348. The number of hydrogen-bond acceptors (Lipinski definition) is 2. The Morgan fingerprint density at radius 2 is 1.93 bits per heavy atom. The zero-order valence-corrected chi connectivity index (χ0v) is 16.3. The van der Waals surface area contributed by atoms with Crippen molar-refractivity contribution in [2.45, 2.75) is 37.5 Å². The molecule has 3 heterocycles. The molecule has 0 aliphatic carbocycles. The summed E-state index contributed by atoms with van der Waals surface area (Å²) in [7, 11) is 0. The van der Waals surface area contributed by atoms with Crippen LogP contribution in [0.2, 0.25) is 0 Å². The first kappa shape index (κ1) is 19.2. The van der Waals surface area contributed by atoms with Crippen molar-refractivity contribution in [3.63, 3.8) is 0 Å². The monoisotopic (exact) mass is 413 g/mol. The van der Waals surface area contributed by atoms with E-state index >= 15 is 0 Å². The van der Waals surface area contributed by atoms with E-state index in [1.807, 2.05) is 12.1 Å². The summed E-state index contributed by atoms with van der Waals surface area (Å²) in [5.41, 5.74) is 2.92. The summed E-state index contributed by atoms with van der Waals surface area (Å²) in [6.07, 6.45) is -1.94. The van der Waals surface area contributed by atoms with E-state index in [-0.39, 0.29) is 17.6 Å². The Balaban J connectivity index is 1.35. The second-order valence-electron chi connectivity index (χ2n) is 8.14. The van der Waals surface area contributed by atoms with Crippen LogP contribution in [0.4, 0.5) is 13.2 Å². The van der Waals surface area contributed by atoms with Gasteiger partial charge >= 0.3 is 6.18 Å². The van der Waals surface area contributed by atoms with Gasteiger partial charge in [-0.3, -0.25) is 9.69 Å². The third-order valence-corrected chi connectivity index (χ3v) is 6.33. The Morgan fingerprint density at radius 1 is 1.10 bits per heavy atom. The number of H-pyrrole nitrogens is 1. The van der Waals surface area contributed by atoms with Gasteiger partial charge in [-0.2, -0.15) is 13.2 Å². The summed E-state index contributed by atoms with van der Waals surface area (Å²) < 4.78 is 38.9. The van der Waals surface area contributed by atoms with Crippen LogP contribution in [0.1, 0.15) is 46.1 Å². The molecule has 2 aliphatic heterocycles. The van der Waals surface area contributed by atoms with Crippen molar-refractivity contribution in [2.75, 3.05) is 13.1 Å². The van der Waals surface area contributed by atoms with Crippen molar-refractivity contribution in [2.24, 2.45) is 0 Å². The molecule has 30 heavy (non-hydrogen) atoms. The lowest BCUT2D eigenvalue weighted by molar-refractivity contribution is -0.137. The van der Waals surface area contributed by atoms with Gasteiger partial charge in [-0.1, -0.05) is 24.3 Å². The predicted octanol–water partition coefficient (Wildman–Crippen LogP) is 4.68. The Kier molecular flexibility index (Phi) is 4.58. The van der Waals surface area contributed by atoms with E-state index in [1.54, 1.807) is 0 Å². The van der Waals surface area contributed by atoms with E-state index in [2.05, 4.69) is 27.3 Å². The maximum Gasteiger partial charge on any atom is 0.416 e. The molecule has 2 N–H and O–H groups in total. The summed E-state index contributed by atoms with van der Waals surface area (Å²) in [5, 5.41) is 4.22. The Hall–Kier alpha value is -2.80. The largest absolute Gasteiger partial charge is 0.416 e. The number of piperidine rings is 1. The lowest BCUT2D eigenvalue weighted by atomic mass is 9.88. The van der Waals surface area contributed by atoms with Crippen molar-refractivity contribution >= 4 is 16.8 Å². The number of alkyl halides is 3. The molecule has 2 atom stereocenters. The number of nitrogens with one attached hydrogen (secondary N) is 2. The summed E-state index contributed by atoms with van der Waals surface area (Å²) in [5.74, 6) is -0.452. The van der Waals surface area contributed by atoms with E-state index < -0.39 is 17.6 Å². The van der Waals surface area contributed by atoms with Crippen molar-refractivity contribution < 1.29 is 18.0 Å². The average molecular weight is 413 g/mol. The summed E-state index contributed by atoms with van der Waals surface area (Å²) in [6.45, 7) is 1.83. The van der Waals surface area contributed by atoms with Crippen LogP contribution in [-0.2, 0) is 12.6 Å². The second-order valence-corrected chi connectivity index (χ2v) is 8.14. The van der Waals surface area contributed by atoms with Gasteiger partial charge in [0.2, 0.25) is 0 Å². The standard InChI is InChI=1S/C23H22F3N3O/c24-23(25,26)15-5-3-4-14(12-15)22(30)27-16-8-10-29-11-9-18-17-6-1-2-7-19(17)28-21(18)20(29)13-16/h1-7,12,16,20,28H,8-11,13H2,(H,27,30)/t16-,20+/m1/s1. The summed E-state index contributed by atoms with van der Waals surface area (Å²) >= 11 is 0. The summed E-state index contributed by atoms with van der Waals surface area (Å²) in [4.78, 5) is 18.6. The molecular formula is C23H22F3N3O. The van der Waals surface area contributed by atoms with Crippen molar-refractivity contribution in [1.29, 1.82) is 0 Å². The van der Waals surface area contributed by atoms with E-state index in [1.165, 1.54) is 28.8 Å². The average Bonchev–Trinajstić information content (AvgIpc) is 3.12. The molecule has 1 fully saturated rings. The molecule has 0 saturated carbocycles. The summed E-state index contributed by atoms with van der Waals surface area (Å²) in [6, 6.07) is 13.0. The van der Waals surface area contributed by atoms with Crippen LogP contribution in [-0.4, -0.2) is 34.9 Å². The SMILES string of the molecule is O=C(N[C@@H]1CCN2CCc3c([nH]c4ccccc34)[C@@H]2C1)c1cccc(C(F)(F)F)c1. The highest BCUT2D eigenvalue weighted by molar-refractivity contribution is 5.94. The third kappa shape index (κ3) is 3.37. The molecule has 3 aromatic rings. The Morgan fingerprint density at radius 3 is 2.77 bits per heavy atom. The maximum absolute atomic E-state index is 13.0. The van der Waals surface area contributed by atoms with Gasteiger partial charge in [0.1, 0.15) is 0 Å². The fourth-order valence-electron chi connectivity index (χ4n) is 4.85. The molecule has 1 saturated heterocycles. The van der Waals surface area contributed by atoms with Gasteiger partial charge in [-0.05, 0) is 49.1 Å². The van der Waals surface area contributed by atoms with Crippen LogP contribution in [0.5, 0.6) is 0 Å². The zero-order valence-electron chi connectivity index (χ0n) is 16.3. The third-order valence-electron chi connectivity index (χ3n) is 6.33. The number of benzene rings is 2. The van der Waals surface area contributed by atoms with Crippen molar-refractivity contribution in [3.05, 3.63) is 70.9 Å².